The highest BCUT2D eigenvalue weighted by Gasteiger charge is 2.28. The molecular weight excluding hydrogens is 280 g/mol. The van der Waals surface area contributed by atoms with E-state index in [1.54, 1.807) is 6.07 Å². The van der Waals surface area contributed by atoms with Crippen LogP contribution in [0, 0.1) is 11.7 Å². The van der Waals surface area contributed by atoms with Gasteiger partial charge < -0.3 is 9.84 Å². The fraction of sp³-hybridized carbons (Fsp3) is 0.462. The maximum absolute atomic E-state index is 13.4. The van der Waals surface area contributed by atoms with Gasteiger partial charge in [-0.25, -0.2) is 4.39 Å². The van der Waals surface area contributed by atoms with Gasteiger partial charge in [0.1, 0.15) is 12.4 Å². The van der Waals surface area contributed by atoms with Gasteiger partial charge in [0.15, 0.2) is 0 Å². The Morgan fingerprint density at radius 3 is 2.50 bits per heavy atom. The number of carboxylic acids is 1. The lowest BCUT2D eigenvalue weighted by molar-refractivity contribution is -0.175. The molecule has 1 unspecified atom stereocenters. The minimum atomic E-state index is -4.44. The zero-order valence-electron chi connectivity index (χ0n) is 10.5. The summed E-state index contributed by atoms with van der Waals surface area (Å²) in [5.74, 6) is -2.71. The number of ether oxygens (including phenoxy) is 1. The summed E-state index contributed by atoms with van der Waals surface area (Å²) < 4.78 is 53.3. The van der Waals surface area contributed by atoms with E-state index in [-0.39, 0.29) is 25.0 Å². The van der Waals surface area contributed by atoms with Crippen LogP contribution in [0.3, 0.4) is 0 Å². The molecule has 112 valence electrons. The molecule has 0 saturated heterocycles. The second kappa shape index (κ2) is 7.23. The number of halogens is 4. The van der Waals surface area contributed by atoms with Crippen LogP contribution in [0.4, 0.5) is 17.6 Å². The SMILES string of the molecule is O=C(O)C(CCOCC(F)(F)F)Cc1ccccc1F. The molecule has 0 fully saturated rings. The lowest BCUT2D eigenvalue weighted by atomic mass is 9.96. The minimum Gasteiger partial charge on any atom is -0.481 e. The van der Waals surface area contributed by atoms with Crippen molar-refractivity contribution in [2.75, 3.05) is 13.2 Å². The first-order chi connectivity index (χ1) is 9.29. The first-order valence-corrected chi connectivity index (χ1v) is 5.90. The highest BCUT2D eigenvalue weighted by molar-refractivity contribution is 5.70. The first-order valence-electron chi connectivity index (χ1n) is 5.90. The van der Waals surface area contributed by atoms with Crippen LogP contribution < -0.4 is 0 Å². The van der Waals surface area contributed by atoms with Crippen molar-refractivity contribution in [2.24, 2.45) is 5.92 Å². The summed E-state index contributed by atoms with van der Waals surface area (Å²) in [6.45, 7) is -1.76. The van der Waals surface area contributed by atoms with E-state index in [0.717, 1.165) is 0 Å². The molecule has 3 nitrogen and oxygen atoms in total. The van der Waals surface area contributed by atoms with Crippen LogP contribution in [0.25, 0.3) is 0 Å². The summed E-state index contributed by atoms with van der Waals surface area (Å²) in [7, 11) is 0. The number of aliphatic carboxylic acids is 1. The monoisotopic (exact) mass is 294 g/mol. The van der Waals surface area contributed by atoms with Gasteiger partial charge in [-0.15, -0.1) is 0 Å². The molecular formula is C13H14F4O3. The van der Waals surface area contributed by atoms with Gasteiger partial charge in [0.2, 0.25) is 0 Å². The van der Waals surface area contributed by atoms with E-state index in [2.05, 4.69) is 4.74 Å². The van der Waals surface area contributed by atoms with Crippen molar-refractivity contribution in [3.63, 3.8) is 0 Å². The van der Waals surface area contributed by atoms with Crippen molar-refractivity contribution in [2.45, 2.75) is 19.0 Å². The number of carbonyl (C=O) groups is 1. The molecule has 0 spiro atoms. The van der Waals surface area contributed by atoms with E-state index in [1.807, 2.05) is 0 Å². The molecule has 1 atom stereocenters. The molecule has 1 N–H and O–H groups in total. The van der Waals surface area contributed by atoms with Crippen molar-refractivity contribution in [1.29, 1.82) is 0 Å². The van der Waals surface area contributed by atoms with Crippen molar-refractivity contribution in [3.05, 3.63) is 35.6 Å². The molecule has 1 aromatic rings. The Balaban J connectivity index is 2.50. The third-order valence-electron chi connectivity index (χ3n) is 2.65. The summed E-state index contributed by atoms with van der Waals surface area (Å²) in [5, 5.41) is 8.98. The minimum absolute atomic E-state index is 0.0859. The third-order valence-corrected chi connectivity index (χ3v) is 2.65. The molecule has 0 heterocycles. The molecule has 0 aliphatic heterocycles. The van der Waals surface area contributed by atoms with Crippen molar-refractivity contribution < 1.29 is 32.2 Å². The smallest absolute Gasteiger partial charge is 0.411 e. The van der Waals surface area contributed by atoms with E-state index >= 15 is 0 Å². The maximum atomic E-state index is 13.4. The summed E-state index contributed by atoms with van der Waals surface area (Å²) in [6.07, 6.45) is -4.64. The fourth-order valence-corrected chi connectivity index (χ4v) is 1.66. The van der Waals surface area contributed by atoms with Gasteiger partial charge in [-0.05, 0) is 24.5 Å². The average molecular weight is 294 g/mol. The molecule has 0 bridgehead atoms. The van der Waals surface area contributed by atoms with E-state index in [1.165, 1.54) is 18.2 Å². The van der Waals surface area contributed by atoms with Gasteiger partial charge in [0.05, 0.1) is 5.92 Å². The van der Waals surface area contributed by atoms with E-state index < -0.39 is 30.5 Å². The average Bonchev–Trinajstić information content (AvgIpc) is 2.33. The molecule has 20 heavy (non-hydrogen) atoms. The van der Waals surface area contributed by atoms with Gasteiger partial charge in [-0.3, -0.25) is 4.79 Å². The molecule has 0 amide bonds. The van der Waals surface area contributed by atoms with Gasteiger partial charge in [-0.1, -0.05) is 18.2 Å². The zero-order valence-corrected chi connectivity index (χ0v) is 10.5. The molecule has 0 saturated carbocycles. The molecule has 0 aliphatic carbocycles. The Bertz CT molecular complexity index is 445. The highest BCUT2D eigenvalue weighted by Crippen LogP contribution is 2.18. The number of carboxylic acid groups (broad SMARTS) is 1. The third kappa shape index (κ3) is 6.01. The Labute approximate surface area is 113 Å². The molecule has 1 aromatic carbocycles. The lowest BCUT2D eigenvalue weighted by Crippen LogP contribution is -2.22. The highest BCUT2D eigenvalue weighted by atomic mass is 19.4. The van der Waals surface area contributed by atoms with Crippen LogP contribution in [0.5, 0.6) is 0 Å². The van der Waals surface area contributed by atoms with Gasteiger partial charge in [-0.2, -0.15) is 13.2 Å². The van der Waals surface area contributed by atoms with Gasteiger partial charge in [0.25, 0.3) is 0 Å². The largest absolute Gasteiger partial charge is 0.481 e. The van der Waals surface area contributed by atoms with Gasteiger partial charge >= 0.3 is 12.1 Å². The van der Waals surface area contributed by atoms with Crippen molar-refractivity contribution >= 4 is 5.97 Å². The van der Waals surface area contributed by atoms with E-state index in [0.29, 0.717) is 0 Å². The van der Waals surface area contributed by atoms with Gasteiger partial charge in [0, 0.05) is 6.61 Å². The Kier molecular flexibility index (Phi) is 5.94. The molecule has 0 aromatic heterocycles. The quantitative estimate of drug-likeness (QED) is 0.621. The Hall–Kier alpha value is -1.63. The number of hydrogen-bond donors (Lipinski definition) is 1. The van der Waals surface area contributed by atoms with Crippen LogP contribution in [0.2, 0.25) is 0 Å². The molecule has 1 rings (SSSR count). The Morgan fingerprint density at radius 2 is 1.95 bits per heavy atom. The van der Waals surface area contributed by atoms with Crippen LogP contribution in [-0.2, 0) is 16.0 Å². The van der Waals surface area contributed by atoms with Crippen LogP contribution in [0.15, 0.2) is 24.3 Å². The number of benzene rings is 1. The zero-order chi connectivity index (χ0) is 15.2. The summed E-state index contributed by atoms with van der Waals surface area (Å²) in [6, 6.07) is 5.69. The predicted molar refractivity (Wildman–Crippen MR) is 62.7 cm³/mol. The van der Waals surface area contributed by atoms with Crippen molar-refractivity contribution in [3.8, 4) is 0 Å². The summed E-state index contributed by atoms with van der Waals surface area (Å²) in [4.78, 5) is 11.0. The molecule has 7 heteroatoms. The van der Waals surface area contributed by atoms with Crippen LogP contribution in [-0.4, -0.2) is 30.5 Å². The van der Waals surface area contributed by atoms with Crippen LogP contribution >= 0.6 is 0 Å². The predicted octanol–water partition coefficient (Wildman–Crippen LogP) is 3.04. The lowest BCUT2D eigenvalue weighted by Gasteiger charge is -2.13. The summed E-state index contributed by atoms with van der Waals surface area (Å²) in [5.41, 5.74) is 0.218. The Morgan fingerprint density at radius 1 is 1.30 bits per heavy atom. The summed E-state index contributed by atoms with van der Waals surface area (Å²) >= 11 is 0. The number of hydrogen-bond acceptors (Lipinski definition) is 2. The number of rotatable bonds is 7. The second-order valence-corrected chi connectivity index (χ2v) is 4.29. The molecule has 0 radical (unpaired) electrons. The maximum Gasteiger partial charge on any atom is 0.411 e. The standard InChI is InChI=1S/C13H14F4O3/c14-11-4-2-1-3-9(11)7-10(12(18)19)5-6-20-8-13(15,16)17/h1-4,10H,5-8H2,(H,18,19). The van der Waals surface area contributed by atoms with E-state index in [4.69, 9.17) is 5.11 Å². The van der Waals surface area contributed by atoms with Crippen molar-refractivity contribution in [1.82, 2.24) is 0 Å². The topological polar surface area (TPSA) is 46.5 Å². The van der Waals surface area contributed by atoms with E-state index in [9.17, 15) is 22.4 Å². The second-order valence-electron chi connectivity index (χ2n) is 4.29. The van der Waals surface area contributed by atoms with Crippen LogP contribution in [0.1, 0.15) is 12.0 Å². The molecule has 0 aliphatic rings. The number of alkyl halides is 3. The first kappa shape index (κ1) is 16.4. The normalized spacial score (nSPS) is 13.2. The fourth-order valence-electron chi connectivity index (χ4n) is 1.66.